The van der Waals surface area contributed by atoms with E-state index in [0.717, 1.165) is 6.61 Å². The maximum atomic E-state index is 5.52. The molecule has 0 rings (SSSR count). The molecule has 10 heavy (non-hydrogen) atoms. The molecule has 2 heteroatoms. The van der Waals surface area contributed by atoms with Crippen LogP contribution in [0.1, 0.15) is 34.6 Å². The van der Waals surface area contributed by atoms with Crippen LogP contribution in [0.15, 0.2) is 0 Å². The second kappa shape index (κ2) is 3.14. The van der Waals surface area contributed by atoms with E-state index in [-0.39, 0.29) is 10.3 Å². The van der Waals surface area contributed by atoms with E-state index in [1.165, 1.54) is 0 Å². The molecule has 0 spiro atoms. The van der Waals surface area contributed by atoms with Gasteiger partial charge in [-0.2, -0.15) is 12.6 Å². The van der Waals surface area contributed by atoms with Gasteiger partial charge in [-0.05, 0) is 34.6 Å². The van der Waals surface area contributed by atoms with Gasteiger partial charge in [0.25, 0.3) is 0 Å². The van der Waals surface area contributed by atoms with Crippen molar-refractivity contribution in [2.75, 3.05) is 6.61 Å². The minimum absolute atomic E-state index is 0.0803. The van der Waals surface area contributed by atoms with Crippen LogP contribution in [0.3, 0.4) is 0 Å². The Morgan fingerprint density at radius 1 is 1.20 bits per heavy atom. The molecule has 0 aliphatic heterocycles. The van der Waals surface area contributed by atoms with E-state index in [0.29, 0.717) is 0 Å². The molecule has 1 nitrogen and oxygen atoms in total. The predicted octanol–water partition coefficient (Wildman–Crippen LogP) is 2.51. The predicted molar refractivity (Wildman–Crippen MR) is 48.8 cm³/mol. The van der Waals surface area contributed by atoms with Crippen molar-refractivity contribution >= 4 is 12.6 Å². The molecule has 0 aliphatic carbocycles. The number of ether oxygens (including phenoxy) is 1. The third kappa shape index (κ3) is 2.51. The number of rotatable bonds is 3. The molecule has 0 unspecified atom stereocenters. The van der Waals surface area contributed by atoms with Gasteiger partial charge in [-0.15, -0.1) is 0 Å². The van der Waals surface area contributed by atoms with Crippen molar-refractivity contribution in [3.05, 3.63) is 0 Å². The van der Waals surface area contributed by atoms with E-state index in [4.69, 9.17) is 4.74 Å². The summed E-state index contributed by atoms with van der Waals surface area (Å²) in [4.78, 5) is 0. The van der Waals surface area contributed by atoms with Gasteiger partial charge in [0.1, 0.15) is 0 Å². The fourth-order valence-corrected chi connectivity index (χ4v) is 0.602. The molecule has 0 radical (unpaired) electrons. The Labute approximate surface area is 69.6 Å². The first kappa shape index (κ1) is 10.3. The lowest BCUT2D eigenvalue weighted by Gasteiger charge is -2.37. The molecular weight excluding hydrogens is 144 g/mol. The van der Waals surface area contributed by atoms with Crippen molar-refractivity contribution in [2.24, 2.45) is 0 Å². The van der Waals surface area contributed by atoms with E-state index in [1.807, 2.05) is 6.92 Å². The highest BCUT2D eigenvalue weighted by atomic mass is 32.1. The zero-order valence-corrected chi connectivity index (χ0v) is 8.46. The van der Waals surface area contributed by atoms with Crippen LogP contribution in [0, 0.1) is 0 Å². The highest BCUT2D eigenvalue weighted by Gasteiger charge is 2.34. The van der Waals surface area contributed by atoms with Crippen molar-refractivity contribution in [1.82, 2.24) is 0 Å². The third-order valence-corrected chi connectivity index (χ3v) is 2.52. The monoisotopic (exact) mass is 162 g/mol. The first-order valence-electron chi connectivity index (χ1n) is 3.67. The van der Waals surface area contributed by atoms with Gasteiger partial charge in [-0.3, -0.25) is 0 Å². The second-order valence-corrected chi connectivity index (χ2v) is 4.62. The molecule has 0 aromatic carbocycles. The zero-order chi connectivity index (χ0) is 8.41. The standard InChI is InChI=1S/C8H18OS/c1-6-9-7(2,3)8(4,5)10/h10H,6H2,1-5H3. The second-order valence-electron chi connectivity index (χ2n) is 3.50. The lowest BCUT2D eigenvalue weighted by atomic mass is 9.93. The highest BCUT2D eigenvalue weighted by molar-refractivity contribution is 7.81. The van der Waals surface area contributed by atoms with Gasteiger partial charge in [0.2, 0.25) is 0 Å². The number of hydrogen-bond donors (Lipinski definition) is 1. The molecule has 0 heterocycles. The van der Waals surface area contributed by atoms with Gasteiger partial charge in [-0.1, -0.05) is 0 Å². The fourth-order valence-electron chi connectivity index (χ4n) is 0.537. The van der Waals surface area contributed by atoms with E-state index in [1.54, 1.807) is 0 Å². The normalized spacial score (nSPS) is 13.8. The van der Waals surface area contributed by atoms with Crippen molar-refractivity contribution < 1.29 is 4.74 Å². The SMILES string of the molecule is CCOC(C)(C)C(C)(C)S. The van der Waals surface area contributed by atoms with Gasteiger partial charge < -0.3 is 4.74 Å². The van der Waals surface area contributed by atoms with Gasteiger partial charge in [0, 0.05) is 11.4 Å². The van der Waals surface area contributed by atoms with E-state index in [9.17, 15) is 0 Å². The van der Waals surface area contributed by atoms with Crippen LogP contribution in [0.4, 0.5) is 0 Å². The molecule has 0 atom stereocenters. The first-order chi connectivity index (χ1) is 4.31. The minimum atomic E-state index is -0.148. The lowest BCUT2D eigenvalue weighted by Crippen LogP contribution is -2.43. The van der Waals surface area contributed by atoms with Crippen LogP contribution in [-0.4, -0.2) is 17.0 Å². The van der Waals surface area contributed by atoms with Crippen LogP contribution in [0.25, 0.3) is 0 Å². The topological polar surface area (TPSA) is 9.23 Å². The molecule has 0 aliphatic rings. The quantitative estimate of drug-likeness (QED) is 0.627. The highest BCUT2D eigenvalue weighted by Crippen LogP contribution is 2.30. The average Bonchev–Trinajstić information content (AvgIpc) is 1.61. The van der Waals surface area contributed by atoms with E-state index in [2.05, 4.69) is 40.3 Å². The Morgan fingerprint density at radius 2 is 1.60 bits per heavy atom. The summed E-state index contributed by atoms with van der Waals surface area (Å²) in [7, 11) is 0. The summed E-state index contributed by atoms with van der Waals surface area (Å²) in [6.45, 7) is 11.0. The van der Waals surface area contributed by atoms with Crippen LogP contribution >= 0.6 is 12.6 Å². The van der Waals surface area contributed by atoms with Crippen molar-refractivity contribution in [2.45, 2.75) is 45.0 Å². The fraction of sp³-hybridized carbons (Fsp3) is 1.00. The summed E-state index contributed by atoms with van der Waals surface area (Å²) >= 11 is 4.44. The summed E-state index contributed by atoms with van der Waals surface area (Å²) in [6.07, 6.45) is 0. The summed E-state index contributed by atoms with van der Waals surface area (Å²) < 4.78 is 5.44. The average molecular weight is 162 g/mol. The van der Waals surface area contributed by atoms with Crippen molar-refractivity contribution in [1.29, 1.82) is 0 Å². The van der Waals surface area contributed by atoms with Crippen LogP contribution in [0.5, 0.6) is 0 Å². The van der Waals surface area contributed by atoms with E-state index < -0.39 is 0 Å². The van der Waals surface area contributed by atoms with Crippen molar-refractivity contribution in [3.63, 3.8) is 0 Å². The molecule has 0 saturated carbocycles. The molecule has 0 fully saturated rings. The van der Waals surface area contributed by atoms with Gasteiger partial charge >= 0.3 is 0 Å². The van der Waals surface area contributed by atoms with Gasteiger partial charge in [-0.25, -0.2) is 0 Å². The maximum Gasteiger partial charge on any atom is 0.0764 e. The first-order valence-corrected chi connectivity index (χ1v) is 4.12. The number of thiol groups is 1. The maximum absolute atomic E-state index is 5.52. The van der Waals surface area contributed by atoms with Gasteiger partial charge in [0.15, 0.2) is 0 Å². The molecule has 0 aromatic rings. The molecule has 0 amide bonds. The Balaban J connectivity index is 4.10. The third-order valence-electron chi connectivity index (χ3n) is 1.98. The molecule has 0 N–H and O–H groups in total. The van der Waals surface area contributed by atoms with Crippen LogP contribution in [-0.2, 0) is 4.74 Å². The number of hydrogen-bond acceptors (Lipinski definition) is 2. The molecule has 0 saturated heterocycles. The van der Waals surface area contributed by atoms with Gasteiger partial charge in [0.05, 0.1) is 5.60 Å². The van der Waals surface area contributed by atoms with Crippen molar-refractivity contribution in [3.8, 4) is 0 Å². The van der Waals surface area contributed by atoms with Crippen LogP contribution in [0.2, 0.25) is 0 Å². The molecular formula is C8H18OS. The van der Waals surface area contributed by atoms with E-state index >= 15 is 0 Å². The van der Waals surface area contributed by atoms with Crippen LogP contribution < -0.4 is 0 Å². The minimum Gasteiger partial charge on any atom is -0.374 e. The smallest absolute Gasteiger partial charge is 0.0764 e. The largest absolute Gasteiger partial charge is 0.374 e. The lowest BCUT2D eigenvalue weighted by molar-refractivity contribution is -0.0308. The Morgan fingerprint density at radius 3 is 1.70 bits per heavy atom. The molecule has 62 valence electrons. The molecule has 0 bridgehead atoms. The Bertz CT molecular complexity index is 102. The summed E-state index contributed by atoms with van der Waals surface area (Å²) in [5.74, 6) is 0. The summed E-state index contributed by atoms with van der Waals surface area (Å²) in [6, 6.07) is 0. The Hall–Kier alpha value is 0.310. The Kier molecular flexibility index (Phi) is 3.24. The molecule has 0 aromatic heterocycles. The zero-order valence-electron chi connectivity index (χ0n) is 7.56. The summed E-state index contributed by atoms with van der Waals surface area (Å²) in [5.41, 5.74) is -0.148. The summed E-state index contributed by atoms with van der Waals surface area (Å²) in [5, 5.41) is 0.